The summed E-state index contributed by atoms with van der Waals surface area (Å²) < 4.78 is 1.61. The van der Waals surface area contributed by atoms with Crippen molar-refractivity contribution in [3.8, 4) is 0 Å². The lowest BCUT2D eigenvalue weighted by atomic mass is 10.3. The summed E-state index contributed by atoms with van der Waals surface area (Å²) in [6.45, 7) is 4.14. The van der Waals surface area contributed by atoms with E-state index in [0.29, 0.717) is 12.4 Å². The smallest absolute Gasteiger partial charge is 0.307 e. The van der Waals surface area contributed by atoms with Gasteiger partial charge in [0.25, 0.3) is 0 Å². The predicted octanol–water partition coefficient (Wildman–Crippen LogP) is 1.95. The summed E-state index contributed by atoms with van der Waals surface area (Å²) in [7, 11) is 0. The van der Waals surface area contributed by atoms with E-state index in [4.69, 9.17) is 0 Å². The van der Waals surface area contributed by atoms with Gasteiger partial charge in [0.1, 0.15) is 5.82 Å². The van der Waals surface area contributed by atoms with Crippen LogP contribution in [0.15, 0.2) is 28.5 Å². The van der Waals surface area contributed by atoms with Crippen LogP contribution in [-0.4, -0.2) is 15.5 Å². The Morgan fingerprint density at radius 1 is 1.47 bits per heavy atom. The van der Waals surface area contributed by atoms with Crippen LogP contribution in [0.25, 0.3) is 0 Å². The van der Waals surface area contributed by atoms with Crippen molar-refractivity contribution in [2.24, 2.45) is 0 Å². The Balaban J connectivity index is 1.96. The number of pyridine rings is 1. The van der Waals surface area contributed by atoms with Gasteiger partial charge in [0.15, 0.2) is 0 Å². The fourth-order valence-electron chi connectivity index (χ4n) is 1.70. The largest absolute Gasteiger partial charge is 0.310 e. The predicted molar refractivity (Wildman–Crippen MR) is 75.5 cm³/mol. The van der Waals surface area contributed by atoms with E-state index in [1.165, 1.54) is 0 Å². The molecule has 2 aromatic heterocycles. The van der Waals surface area contributed by atoms with E-state index in [2.05, 4.69) is 10.3 Å². The molecule has 0 aliphatic carbocycles. The first-order chi connectivity index (χ1) is 9.08. The van der Waals surface area contributed by atoms with Crippen LogP contribution in [0.2, 0.25) is 0 Å². The van der Waals surface area contributed by atoms with Gasteiger partial charge in [-0.1, -0.05) is 17.4 Å². The summed E-state index contributed by atoms with van der Waals surface area (Å²) in [5, 5.41) is 4.54. The highest BCUT2D eigenvalue weighted by Crippen LogP contribution is 2.09. The highest BCUT2D eigenvalue weighted by atomic mass is 32.1. The standard InChI is InChI=1S/C13H15N3O2S/c1-9-4-3-6-14-12(9)15-11(17)5-7-16-10(2)8-19-13(16)18/h3-4,6,8H,5,7H2,1-2H3,(H,14,15,17). The maximum atomic E-state index is 11.8. The number of aryl methyl sites for hydroxylation is 2. The van der Waals surface area contributed by atoms with Gasteiger partial charge in [0.2, 0.25) is 5.91 Å². The zero-order valence-electron chi connectivity index (χ0n) is 10.8. The van der Waals surface area contributed by atoms with Crippen molar-refractivity contribution in [3.05, 3.63) is 44.6 Å². The molecule has 0 spiro atoms. The molecule has 0 saturated heterocycles. The van der Waals surface area contributed by atoms with Gasteiger partial charge in [0.05, 0.1) is 0 Å². The first-order valence-electron chi connectivity index (χ1n) is 5.94. The SMILES string of the molecule is Cc1cccnc1NC(=O)CCn1c(C)csc1=O. The number of aromatic nitrogens is 2. The molecule has 0 atom stereocenters. The molecule has 0 fully saturated rings. The van der Waals surface area contributed by atoms with E-state index in [9.17, 15) is 9.59 Å². The summed E-state index contributed by atoms with van der Waals surface area (Å²) in [5.41, 5.74) is 1.80. The van der Waals surface area contributed by atoms with Crippen LogP contribution in [0.1, 0.15) is 17.7 Å². The molecule has 0 saturated carbocycles. The number of nitrogens with zero attached hydrogens (tertiary/aromatic N) is 2. The van der Waals surface area contributed by atoms with Gasteiger partial charge < -0.3 is 9.88 Å². The zero-order valence-corrected chi connectivity index (χ0v) is 11.7. The zero-order chi connectivity index (χ0) is 13.8. The van der Waals surface area contributed by atoms with Gasteiger partial charge in [-0.3, -0.25) is 9.59 Å². The molecular weight excluding hydrogens is 262 g/mol. The number of hydrogen-bond acceptors (Lipinski definition) is 4. The lowest BCUT2D eigenvalue weighted by Gasteiger charge is -2.07. The van der Waals surface area contributed by atoms with Crippen molar-refractivity contribution in [1.29, 1.82) is 0 Å². The number of carbonyl (C=O) groups is 1. The molecule has 5 nitrogen and oxygen atoms in total. The van der Waals surface area contributed by atoms with Crippen molar-refractivity contribution in [1.82, 2.24) is 9.55 Å². The van der Waals surface area contributed by atoms with Crippen LogP contribution in [-0.2, 0) is 11.3 Å². The monoisotopic (exact) mass is 277 g/mol. The molecule has 19 heavy (non-hydrogen) atoms. The second-order valence-electron chi connectivity index (χ2n) is 4.26. The maximum absolute atomic E-state index is 11.8. The van der Waals surface area contributed by atoms with Crippen LogP contribution < -0.4 is 10.2 Å². The van der Waals surface area contributed by atoms with Gasteiger partial charge in [-0.05, 0) is 25.5 Å². The molecular formula is C13H15N3O2S. The molecule has 0 radical (unpaired) electrons. The molecule has 2 rings (SSSR count). The highest BCUT2D eigenvalue weighted by molar-refractivity contribution is 7.07. The molecule has 0 aliphatic heterocycles. The second kappa shape index (κ2) is 5.79. The molecule has 1 N–H and O–H groups in total. The Hall–Kier alpha value is -1.95. The Morgan fingerprint density at radius 2 is 2.26 bits per heavy atom. The summed E-state index contributed by atoms with van der Waals surface area (Å²) in [4.78, 5) is 27.4. The van der Waals surface area contributed by atoms with E-state index in [1.54, 1.807) is 16.1 Å². The molecule has 0 unspecified atom stereocenters. The van der Waals surface area contributed by atoms with Gasteiger partial charge >= 0.3 is 4.87 Å². The summed E-state index contributed by atoms with van der Waals surface area (Å²) in [5.74, 6) is 0.432. The van der Waals surface area contributed by atoms with Crippen molar-refractivity contribution in [3.63, 3.8) is 0 Å². The quantitative estimate of drug-likeness (QED) is 0.929. The van der Waals surface area contributed by atoms with E-state index in [-0.39, 0.29) is 17.2 Å². The van der Waals surface area contributed by atoms with E-state index >= 15 is 0 Å². The van der Waals surface area contributed by atoms with Crippen molar-refractivity contribution in [2.75, 3.05) is 5.32 Å². The van der Waals surface area contributed by atoms with Gasteiger partial charge in [-0.15, -0.1) is 0 Å². The molecule has 100 valence electrons. The van der Waals surface area contributed by atoms with E-state index in [1.807, 2.05) is 26.0 Å². The fourth-order valence-corrected chi connectivity index (χ4v) is 2.46. The first-order valence-corrected chi connectivity index (χ1v) is 6.82. The normalized spacial score (nSPS) is 10.4. The van der Waals surface area contributed by atoms with Gasteiger partial charge in [0, 0.05) is 30.2 Å². The molecule has 0 bridgehead atoms. The van der Waals surface area contributed by atoms with Crippen molar-refractivity contribution < 1.29 is 4.79 Å². The molecule has 0 aromatic carbocycles. The average molecular weight is 277 g/mol. The summed E-state index contributed by atoms with van der Waals surface area (Å²) >= 11 is 1.15. The maximum Gasteiger partial charge on any atom is 0.307 e. The summed E-state index contributed by atoms with van der Waals surface area (Å²) in [6.07, 6.45) is 1.89. The Labute approximate surface area is 114 Å². The van der Waals surface area contributed by atoms with Crippen LogP contribution in [0.4, 0.5) is 5.82 Å². The van der Waals surface area contributed by atoms with Crippen LogP contribution in [0.5, 0.6) is 0 Å². The lowest BCUT2D eigenvalue weighted by Crippen LogP contribution is -2.20. The van der Waals surface area contributed by atoms with Gasteiger partial charge in [-0.25, -0.2) is 4.98 Å². The van der Waals surface area contributed by atoms with Crippen LogP contribution in [0, 0.1) is 13.8 Å². The number of carbonyl (C=O) groups excluding carboxylic acids is 1. The highest BCUT2D eigenvalue weighted by Gasteiger charge is 2.08. The van der Waals surface area contributed by atoms with Crippen LogP contribution in [0.3, 0.4) is 0 Å². The number of thiazole rings is 1. The van der Waals surface area contributed by atoms with Gasteiger partial charge in [-0.2, -0.15) is 0 Å². The molecule has 0 aliphatic rings. The minimum Gasteiger partial charge on any atom is -0.310 e. The minimum absolute atomic E-state index is 0.0284. The third-order valence-corrected chi connectivity index (χ3v) is 3.69. The Bertz CT molecular complexity index is 645. The number of anilines is 1. The third kappa shape index (κ3) is 3.29. The molecule has 1 amide bonds. The number of hydrogen-bond donors (Lipinski definition) is 1. The number of rotatable bonds is 4. The van der Waals surface area contributed by atoms with Crippen molar-refractivity contribution >= 4 is 23.1 Å². The average Bonchev–Trinajstić information content (AvgIpc) is 2.70. The van der Waals surface area contributed by atoms with Crippen molar-refractivity contribution in [2.45, 2.75) is 26.8 Å². The topological polar surface area (TPSA) is 64.0 Å². The lowest BCUT2D eigenvalue weighted by molar-refractivity contribution is -0.116. The van der Waals surface area contributed by atoms with E-state index < -0.39 is 0 Å². The molecule has 2 aromatic rings. The Kier molecular flexibility index (Phi) is 4.11. The first kappa shape index (κ1) is 13.5. The number of amides is 1. The fraction of sp³-hybridized carbons (Fsp3) is 0.308. The summed E-state index contributed by atoms with van der Waals surface area (Å²) in [6, 6.07) is 3.70. The second-order valence-corrected chi connectivity index (χ2v) is 5.08. The molecule has 2 heterocycles. The van der Waals surface area contributed by atoms with Crippen LogP contribution >= 0.6 is 11.3 Å². The minimum atomic E-state index is -0.140. The number of nitrogens with one attached hydrogen (secondary N) is 1. The Morgan fingerprint density at radius 3 is 2.89 bits per heavy atom. The van der Waals surface area contributed by atoms with E-state index in [0.717, 1.165) is 22.6 Å². The molecule has 6 heteroatoms. The third-order valence-electron chi connectivity index (χ3n) is 2.81.